The monoisotopic (exact) mass is 218 g/mol. The smallest absolute Gasteiger partial charge is 0.248 e. The third-order valence-corrected chi connectivity index (χ3v) is 2.30. The van der Waals surface area contributed by atoms with Crippen molar-refractivity contribution in [2.24, 2.45) is 0 Å². The molecule has 2 heterocycles. The van der Waals surface area contributed by atoms with Crippen molar-refractivity contribution in [2.75, 3.05) is 0 Å². The average Bonchev–Trinajstić information content (AvgIpc) is 2.65. The topological polar surface area (TPSA) is 63.6 Å². The second-order valence-electron chi connectivity index (χ2n) is 4.64. The Labute approximate surface area is 93.2 Å². The Morgan fingerprint density at radius 1 is 1.38 bits per heavy atom. The molecule has 0 bridgehead atoms. The van der Waals surface area contributed by atoms with Crippen molar-refractivity contribution in [1.29, 1.82) is 0 Å². The SMILES string of the molecule is CC(C)(C)n1cnnc1-c1cc[nH]c(=O)c1. The maximum Gasteiger partial charge on any atom is 0.248 e. The minimum atomic E-state index is -0.138. The van der Waals surface area contributed by atoms with E-state index in [1.807, 2.05) is 10.6 Å². The number of aromatic amines is 1. The molecule has 5 nitrogen and oxygen atoms in total. The summed E-state index contributed by atoms with van der Waals surface area (Å²) in [4.78, 5) is 13.8. The number of hydrogen-bond acceptors (Lipinski definition) is 3. The van der Waals surface area contributed by atoms with Gasteiger partial charge in [0.2, 0.25) is 5.56 Å². The maximum absolute atomic E-state index is 11.2. The Morgan fingerprint density at radius 3 is 2.75 bits per heavy atom. The van der Waals surface area contributed by atoms with Crippen molar-refractivity contribution < 1.29 is 0 Å². The summed E-state index contributed by atoms with van der Waals surface area (Å²) in [6.45, 7) is 6.19. The van der Waals surface area contributed by atoms with Crippen molar-refractivity contribution >= 4 is 0 Å². The maximum atomic E-state index is 11.2. The van der Waals surface area contributed by atoms with Crippen LogP contribution in [0.5, 0.6) is 0 Å². The van der Waals surface area contributed by atoms with E-state index in [2.05, 4.69) is 36.0 Å². The fourth-order valence-corrected chi connectivity index (χ4v) is 1.51. The number of rotatable bonds is 1. The van der Waals surface area contributed by atoms with Gasteiger partial charge >= 0.3 is 0 Å². The van der Waals surface area contributed by atoms with Gasteiger partial charge in [-0.3, -0.25) is 4.79 Å². The molecule has 2 rings (SSSR count). The van der Waals surface area contributed by atoms with Crippen molar-refractivity contribution in [1.82, 2.24) is 19.7 Å². The molecule has 5 heteroatoms. The van der Waals surface area contributed by atoms with E-state index < -0.39 is 0 Å². The van der Waals surface area contributed by atoms with Crippen molar-refractivity contribution in [3.8, 4) is 11.4 Å². The van der Waals surface area contributed by atoms with Crippen LogP contribution in [0.15, 0.2) is 29.5 Å². The quantitative estimate of drug-likeness (QED) is 0.786. The van der Waals surface area contributed by atoms with Crippen molar-refractivity contribution in [3.05, 3.63) is 35.0 Å². The van der Waals surface area contributed by atoms with Gasteiger partial charge in [0.15, 0.2) is 5.82 Å². The van der Waals surface area contributed by atoms with Crippen LogP contribution in [0.1, 0.15) is 20.8 Å². The molecule has 2 aromatic heterocycles. The molecule has 0 saturated heterocycles. The van der Waals surface area contributed by atoms with Gasteiger partial charge in [0.1, 0.15) is 6.33 Å². The Kier molecular flexibility index (Phi) is 2.38. The fraction of sp³-hybridized carbons (Fsp3) is 0.364. The molecule has 0 unspecified atom stereocenters. The van der Waals surface area contributed by atoms with Crippen LogP contribution >= 0.6 is 0 Å². The average molecular weight is 218 g/mol. The van der Waals surface area contributed by atoms with E-state index in [-0.39, 0.29) is 11.1 Å². The first-order valence-electron chi connectivity index (χ1n) is 5.08. The molecule has 0 radical (unpaired) electrons. The molecule has 0 fully saturated rings. The standard InChI is InChI=1S/C11H14N4O/c1-11(2,3)15-7-13-14-10(15)8-4-5-12-9(16)6-8/h4-7H,1-3H3,(H,12,16). The lowest BCUT2D eigenvalue weighted by molar-refractivity contribution is 0.399. The molecule has 0 aliphatic carbocycles. The highest BCUT2D eigenvalue weighted by Crippen LogP contribution is 2.22. The van der Waals surface area contributed by atoms with Gasteiger partial charge in [-0.2, -0.15) is 0 Å². The molecule has 1 N–H and O–H groups in total. The number of pyridine rings is 1. The zero-order valence-corrected chi connectivity index (χ0v) is 9.56. The number of nitrogens with zero attached hydrogens (tertiary/aromatic N) is 3. The van der Waals surface area contributed by atoms with Crippen molar-refractivity contribution in [3.63, 3.8) is 0 Å². The summed E-state index contributed by atoms with van der Waals surface area (Å²) in [5.41, 5.74) is 0.527. The van der Waals surface area contributed by atoms with E-state index in [1.165, 1.54) is 6.07 Å². The molecule has 16 heavy (non-hydrogen) atoms. The van der Waals surface area contributed by atoms with Gasteiger partial charge < -0.3 is 9.55 Å². The molecular formula is C11H14N4O. The van der Waals surface area contributed by atoms with Crippen molar-refractivity contribution in [2.45, 2.75) is 26.3 Å². The first kappa shape index (κ1) is 10.6. The second-order valence-corrected chi connectivity index (χ2v) is 4.64. The number of nitrogens with one attached hydrogen (secondary N) is 1. The minimum absolute atomic E-state index is 0.110. The molecule has 0 saturated carbocycles. The van der Waals surface area contributed by atoms with E-state index >= 15 is 0 Å². The van der Waals surface area contributed by atoms with E-state index in [4.69, 9.17) is 0 Å². The van der Waals surface area contributed by atoms with Crippen LogP contribution in [0.3, 0.4) is 0 Å². The van der Waals surface area contributed by atoms with Gasteiger partial charge in [-0.05, 0) is 26.8 Å². The molecule has 0 aliphatic rings. The predicted octanol–water partition coefficient (Wildman–Crippen LogP) is 1.39. The largest absolute Gasteiger partial charge is 0.329 e. The Bertz CT molecular complexity index is 547. The molecule has 0 amide bonds. The number of H-pyrrole nitrogens is 1. The second kappa shape index (κ2) is 3.59. The molecule has 0 aromatic carbocycles. The van der Waals surface area contributed by atoms with Gasteiger partial charge in [0.05, 0.1) is 0 Å². The van der Waals surface area contributed by atoms with Crippen LogP contribution in [-0.2, 0) is 5.54 Å². The van der Waals surface area contributed by atoms with Crippen LogP contribution < -0.4 is 5.56 Å². The Hall–Kier alpha value is -1.91. The van der Waals surface area contributed by atoms with Crippen LogP contribution in [0.25, 0.3) is 11.4 Å². The van der Waals surface area contributed by atoms with E-state index in [0.717, 1.165) is 5.56 Å². The molecular weight excluding hydrogens is 204 g/mol. The molecule has 2 aromatic rings. The number of hydrogen-bond donors (Lipinski definition) is 1. The minimum Gasteiger partial charge on any atom is -0.329 e. The molecule has 0 atom stereocenters. The fourth-order valence-electron chi connectivity index (χ4n) is 1.51. The summed E-state index contributed by atoms with van der Waals surface area (Å²) < 4.78 is 1.95. The summed E-state index contributed by atoms with van der Waals surface area (Å²) in [7, 11) is 0. The van der Waals surface area contributed by atoms with Gasteiger partial charge in [0.25, 0.3) is 0 Å². The van der Waals surface area contributed by atoms with Crippen LogP contribution in [0.2, 0.25) is 0 Å². The number of aromatic nitrogens is 4. The molecule has 0 aliphatic heterocycles. The molecule has 0 spiro atoms. The van der Waals surface area contributed by atoms with Gasteiger partial charge in [0, 0.05) is 23.4 Å². The lowest BCUT2D eigenvalue weighted by Crippen LogP contribution is -2.22. The van der Waals surface area contributed by atoms with Gasteiger partial charge in [-0.15, -0.1) is 10.2 Å². The zero-order valence-electron chi connectivity index (χ0n) is 9.56. The third-order valence-electron chi connectivity index (χ3n) is 2.30. The van der Waals surface area contributed by atoms with E-state index in [0.29, 0.717) is 5.82 Å². The summed E-state index contributed by atoms with van der Waals surface area (Å²) >= 11 is 0. The highest BCUT2D eigenvalue weighted by Gasteiger charge is 2.18. The highest BCUT2D eigenvalue weighted by atomic mass is 16.1. The van der Waals surface area contributed by atoms with E-state index in [9.17, 15) is 4.79 Å². The van der Waals surface area contributed by atoms with Crippen LogP contribution in [-0.4, -0.2) is 19.7 Å². The Balaban J connectivity index is 2.58. The zero-order chi connectivity index (χ0) is 11.8. The summed E-state index contributed by atoms with van der Waals surface area (Å²) in [5, 5.41) is 7.95. The first-order valence-corrected chi connectivity index (χ1v) is 5.08. The third kappa shape index (κ3) is 1.88. The van der Waals surface area contributed by atoms with E-state index in [1.54, 1.807) is 12.5 Å². The van der Waals surface area contributed by atoms with Gasteiger partial charge in [-0.25, -0.2) is 0 Å². The summed E-state index contributed by atoms with van der Waals surface area (Å²) in [6, 6.07) is 3.33. The first-order chi connectivity index (χ1) is 7.48. The summed E-state index contributed by atoms with van der Waals surface area (Å²) in [6.07, 6.45) is 3.29. The normalized spacial score (nSPS) is 11.7. The molecule has 84 valence electrons. The lowest BCUT2D eigenvalue weighted by atomic mass is 10.1. The highest BCUT2D eigenvalue weighted by molar-refractivity contribution is 5.53. The summed E-state index contributed by atoms with van der Waals surface area (Å²) in [5.74, 6) is 0.707. The van der Waals surface area contributed by atoms with Crippen LogP contribution in [0, 0.1) is 0 Å². The predicted molar refractivity (Wildman–Crippen MR) is 61.1 cm³/mol. The van der Waals surface area contributed by atoms with Crippen LogP contribution in [0.4, 0.5) is 0 Å². The Morgan fingerprint density at radius 2 is 2.12 bits per heavy atom. The lowest BCUT2D eigenvalue weighted by Gasteiger charge is -2.22. The van der Waals surface area contributed by atoms with Gasteiger partial charge in [-0.1, -0.05) is 0 Å².